The van der Waals surface area contributed by atoms with Gasteiger partial charge in [-0.05, 0) is 102 Å². The number of amides is 5. The Morgan fingerprint density at radius 3 is 2.02 bits per heavy atom. The largest absolute Gasteiger partial charge is 0.453 e. The molecule has 5 amide bonds. The number of likely N-dealkylation sites (tertiary alicyclic amines) is 1. The summed E-state index contributed by atoms with van der Waals surface area (Å²) in [5, 5.41) is 11.9. The summed E-state index contributed by atoms with van der Waals surface area (Å²) in [4.78, 5) is 77.1. The SMILES string of the molecule is COC(=O)N[C@H](C(=O)NC(=O)[C@@H]1CCCN1c1ccc([C@@]2(c3ccc(C(C)(C)C)cc3)CC[C@@H](c3ccc4nc([C@@H]5CCCN5C(=O)[C@@H](NC(=O)OC)C(C)C)[nH]c4c3)N2)cc1)C(C)C. The fourth-order valence-electron chi connectivity index (χ4n) is 9.83. The Labute approximate surface area is 382 Å². The quantitative estimate of drug-likeness (QED) is 0.0969. The highest BCUT2D eigenvalue weighted by Gasteiger charge is 2.43. The van der Waals surface area contributed by atoms with Gasteiger partial charge in [0.2, 0.25) is 17.7 Å². The van der Waals surface area contributed by atoms with E-state index in [1.165, 1.54) is 19.8 Å². The van der Waals surface area contributed by atoms with E-state index in [9.17, 15) is 24.0 Å². The molecule has 65 heavy (non-hydrogen) atoms. The number of H-pyrrole nitrogens is 1. The van der Waals surface area contributed by atoms with Crippen LogP contribution in [0.1, 0.15) is 127 Å². The van der Waals surface area contributed by atoms with E-state index < -0.39 is 47.7 Å². The first kappa shape index (κ1) is 47.0. The lowest BCUT2D eigenvalue weighted by Gasteiger charge is -2.34. The van der Waals surface area contributed by atoms with Crippen LogP contribution < -0.4 is 26.2 Å². The summed E-state index contributed by atoms with van der Waals surface area (Å²) < 4.78 is 9.51. The van der Waals surface area contributed by atoms with Crippen molar-refractivity contribution in [3.05, 3.63) is 94.8 Å². The first-order chi connectivity index (χ1) is 30.9. The number of aromatic nitrogens is 2. The second-order valence-electron chi connectivity index (χ2n) is 19.5. The van der Waals surface area contributed by atoms with Crippen molar-refractivity contribution < 1.29 is 33.4 Å². The maximum Gasteiger partial charge on any atom is 0.407 e. The van der Waals surface area contributed by atoms with Gasteiger partial charge in [-0.2, -0.15) is 0 Å². The summed E-state index contributed by atoms with van der Waals surface area (Å²) >= 11 is 0. The van der Waals surface area contributed by atoms with E-state index in [0.29, 0.717) is 19.5 Å². The predicted octanol–water partition coefficient (Wildman–Crippen LogP) is 7.27. The van der Waals surface area contributed by atoms with Gasteiger partial charge in [0, 0.05) is 24.8 Å². The highest BCUT2D eigenvalue weighted by molar-refractivity contribution is 6.02. The molecule has 3 saturated heterocycles. The Kier molecular flexibility index (Phi) is 13.9. The van der Waals surface area contributed by atoms with Gasteiger partial charge in [0.05, 0.1) is 36.8 Å². The second-order valence-corrected chi connectivity index (χ2v) is 19.5. The number of hydrogen-bond acceptors (Lipinski definition) is 10. The molecule has 1 aromatic heterocycles. The van der Waals surface area contributed by atoms with E-state index >= 15 is 0 Å². The Bertz CT molecular complexity index is 2370. The molecule has 6 atom stereocenters. The molecule has 3 aliphatic rings. The number of anilines is 1. The number of fused-ring (bicyclic) bond motifs is 1. The fourth-order valence-corrected chi connectivity index (χ4v) is 9.83. The van der Waals surface area contributed by atoms with Crippen LogP contribution in [-0.2, 0) is 34.8 Å². The highest BCUT2D eigenvalue weighted by Crippen LogP contribution is 2.46. The summed E-state index contributed by atoms with van der Waals surface area (Å²) in [5.41, 5.74) is 6.73. The number of hydrogen-bond donors (Lipinski definition) is 5. The van der Waals surface area contributed by atoms with Crippen molar-refractivity contribution in [1.82, 2.24) is 36.1 Å². The molecular weight excluding hydrogens is 825 g/mol. The van der Waals surface area contributed by atoms with E-state index in [1.807, 2.05) is 24.8 Å². The number of carbonyl (C=O) groups excluding carboxylic acids is 5. The third kappa shape index (κ3) is 9.85. The first-order valence-electron chi connectivity index (χ1n) is 23.0. The van der Waals surface area contributed by atoms with Crippen LogP contribution in [0.25, 0.3) is 11.0 Å². The molecule has 0 unspecified atom stereocenters. The van der Waals surface area contributed by atoms with Gasteiger partial charge < -0.3 is 34.9 Å². The minimum atomic E-state index is -0.919. The number of imide groups is 1. The van der Waals surface area contributed by atoms with Crippen molar-refractivity contribution in [3.63, 3.8) is 0 Å². The minimum absolute atomic E-state index is 0.00699. The van der Waals surface area contributed by atoms with Crippen LogP contribution in [0.2, 0.25) is 0 Å². The predicted molar refractivity (Wildman–Crippen MR) is 249 cm³/mol. The van der Waals surface area contributed by atoms with Gasteiger partial charge >= 0.3 is 12.2 Å². The number of ether oxygens (including phenoxy) is 2. The Hall–Kier alpha value is -5.96. The standard InChI is InChI=1S/C50H66N8O7/c1-29(2)41(53-47(62)64-8)45(60)55-44(59)40-13-11-26-57(40)35-21-19-34(20-22-35)50(33-17-15-32(16-18-33)49(5,6)7)25-24-36(56-50)31-14-23-37-38(28-31)52-43(51-37)39-12-10-27-58(39)46(61)42(30(3)4)54-48(63)65-9/h14-23,28-30,36,39-42,56H,10-13,24-27H2,1-9H3,(H,51,52)(H,53,62)(H,54,63)(H,55,59,60)/t36-,39-,40-,41-,42-,50-/m0/s1. The fraction of sp³-hybridized carbons (Fsp3) is 0.520. The summed E-state index contributed by atoms with van der Waals surface area (Å²) in [5.74, 6) is -0.759. The van der Waals surface area contributed by atoms with Gasteiger partial charge in [0.15, 0.2) is 0 Å². The lowest BCUT2D eigenvalue weighted by atomic mass is 9.79. The van der Waals surface area contributed by atoms with Crippen LogP contribution >= 0.6 is 0 Å². The zero-order valence-electron chi connectivity index (χ0n) is 39.2. The summed E-state index contributed by atoms with van der Waals surface area (Å²) in [6.45, 7) is 15.3. The third-order valence-electron chi connectivity index (χ3n) is 13.5. The molecule has 0 aliphatic carbocycles. The van der Waals surface area contributed by atoms with Crippen molar-refractivity contribution in [3.8, 4) is 0 Å². The van der Waals surface area contributed by atoms with E-state index in [2.05, 4.69) is 113 Å². The van der Waals surface area contributed by atoms with Gasteiger partial charge in [-0.15, -0.1) is 0 Å². The lowest BCUT2D eigenvalue weighted by molar-refractivity contribution is -0.135. The highest BCUT2D eigenvalue weighted by atomic mass is 16.5. The third-order valence-corrected chi connectivity index (χ3v) is 13.5. The normalized spacial score (nSPS) is 22.0. The van der Waals surface area contributed by atoms with Crippen molar-refractivity contribution >= 4 is 46.6 Å². The summed E-state index contributed by atoms with van der Waals surface area (Å²) in [6, 6.07) is 21.3. The van der Waals surface area contributed by atoms with E-state index in [0.717, 1.165) is 71.3 Å². The van der Waals surface area contributed by atoms with Crippen LogP contribution in [-0.4, -0.2) is 90.2 Å². The van der Waals surface area contributed by atoms with Crippen molar-refractivity contribution in [2.45, 2.75) is 128 Å². The summed E-state index contributed by atoms with van der Waals surface area (Å²) in [6.07, 6.45) is 3.33. The molecule has 5 N–H and O–H groups in total. The van der Waals surface area contributed by atoms with Crippen LogP contribution in [0, 0.1) is 11.8 Å². The Balaban J connectivity index is 1.13. The van der Waals surface area contributed by atoms with Crippen molar-refractivity contribution in [1.29, 1.82) is 0 Å². The zero-order valence-corrected chi connectivity index (χ0v) is 39.2. The number of aromatic amines is 1. The minimum Gasteiger partial charge on any atom is -0.453 e. The zero-order chi connectivity index (χ0) is 46.8. The number of benzene rings is 3. The van der Waals surface area contributed by atoms with Gasteiger partial charge in [-0.25, -0.2) is 14.6 Å². The van der Waals surface area contributed by atoms with Crippen LogP contribution in [0.4, 0.5) is 15.3 Å². The monoisotopic (exact) mass is 891 g/mol. The molecule has 0 radical (unpaired) electrons. The number of rotatable bonds is 12. The van der Waals surface area contributed by atoms with Gasteiger partial charge in [-0.3, -0.25) is 25.0 Å². The van der Waals surface area contributed by atoms with E-state index in [4.69, 9.17) is 14.5 Å². The number of carbonyl (C=O) groups is 5. The number of nitrogens with one attached hydrogen (secondary N) is 5. The van der Waals surface area contributed by atoms with Crippen molar-refractivity contribution in [2.24, 2.45) is 11.8 Å². The van der Waals surface area contributed by atoms with Crippen molar-refractivity contribution in [2.75, 3.05) is 32.2 Å². The molecular formula is C50H66N8O7. The van der Waals surface area contributed by atoms with Gasteiger partial charge in [-0.1, -0.05) is 90.9 Å². The van der Waals surface area contributed by atoms with Gasteiger partial charge in [0.1, 0.15) is 23.9 Å². The molecule has 0 spiro atoms. The van der Waals surface area contributed by atoms with E-state index in [1.54, 1.807) is 13.8 Å². The molecule has 4 heterocycles. The summed E-state index contributed by atoms with van der Waals surface area (Å²) in [7, 11) is 2.53. The van der Waals surface area contributed by atoms with E-state index in [-0.39, 0.29) is 35.2 Å². The Morgan fingerprint density at radius 1 is 0.785 bits per heavy atom. The average molecular weight is 891 g/mol. The number of imidazole rings is 1. The molecule has 15 heteroatoms. The molecule has 3 aliphatic heterocycles. The lowest BCUT2D eigenvalue weighted by Crippen LogP contribution is -2.54. The average Bonchev–Trinajstić information content (AvgIpc) is 4.13. The Morgan fingerprint density at radius 2 is 1.40 bits per heavy atom. The maximum absolute atomic E-state index is 13.8. The molecule has 348 valence electrons. The smallest absolute Gasteiger partial charge is 0.407 e. The van der Waals surface area contributed by atoms with Gasteiger partial charge in [0.25, 0.3) is 0 Å². The maximum atomic E-state index is 13.8. The van der Waals surface area contributed by atoms with Crippen LogP contribution in [0.15, 0.2) is 66.7 Å². The molecule has 0 saturated carbocycles. The van der Waals surface area contributed by atoms with Crippen LogP contribution in [0.3, 0.4) is 0 Å². The van der Waals surface area contributed by atoms with Crippen LogP contribution in [0.5, 0.6) is 0 Å². The number of methoxy groups -OCH3 is 2. The number of alkyl carbamates (subject to hydrolysis) is 2. The second kappa shape index (κ2) is 19.3. The first-order valence-corrected chi connectivity index (χ1v) is 23.0. The molecule has 3 aromatic carbocycles. The molecule has 3 fully saturated rings. The molecule has 15 nitrogen and oxygen atoms in total. The topological polar surface area (TPSA) is 187 Å². The molecule has 4 aromatic rings. The molecule has 7 rings (SSSR count). The molecule has 0 bridgehead atoms. The number of nitrogens with zero attached hydrogens (tertiary/aromatic N) is 3.